The minimum Gasteiger partial charge on any atom is -0.393 e. The molecule has 1 N–H and O–H groups in total. The molecule has 0 saturated carbocycles. The number of aliphatic hydroxyl groups excluding tert-OH is 1. The van der Waals surface area contributed by atoms with Gasteiger partial charge in [0, 0.05) is 27.5 Å². The summed E-state index contributed by atoms with van der Waals surface area (Å²) in [5, 5.41) is 10.2. The molecule has 1 aliphatic heterocycles. The Bertz CT molecular complexity index is 417. The lowest BCUT2D eigenvalue weighted by Crippen LogP contribution is -2.61. The van der Waals surface area contributed by atoms with Crippen molar-refractivity contribution in [2.45, 2.75) is 64.4 Å². The van der Waals surface area contributed by atoms with Gasteiger partial charge in [0.25, 0.3) is 0 Å². The number of rotatable bonds is 1. The second-order valence-corrected chi connectivity index (χ2v) is 3.53. The number of piperidine rings is 1. The summed E-state index contributed by atoms with van der Waals surface area (Å²) in [6, 6.07) is 0. The van der Waals surface area contributed by atoms with Gasteiger partial charge in [-0.25, -0.2) is 0 Å². The molecule has 1 fully saturated rings. The number of nitrogens with zero attached hydrogens (tertiary/aromatic N) is 1. The number of hydrogen-bond donors (Lipinski definition) is 1. The van der Waals surface area contributed by atoms with E-state index in [-0.39, 0.29) is 0 Å². The first-order chi connectivity index (χ1) is 10.8. The van der Waals surface area contributed by atoms with E-state index < -0.39 is 64.0 Å². The molecule has 0 radical (unpaired) electrons. The molecule has 2 nitrogen and oxygen atoms in total. The third-order valence-corrected chi connectivity index (χ3v) is 2.30. The van der Waals surface area contributed by atoms with Crippen molar-refractivity contribution in [1.82, 2.24) is 4.90 Å². The Kier molecular flexibility index (Phi) is 0.739. The zero-order valence-corrected chi connectivity index (χ0v) is 7.59. The van der Waals surface area contributed by atoms with Crippen LogP contribution < -0.4 is 0 Å². The zero-order chi connectivity index (χ0) is 20.3. The Balaban J connectivity index is 3.96. The number of hydrogen-bond acceptors (Lipinski definition) is 2. The third-order valence-electron chi connectivity index (χ3n) is 2.30. The van der Waals surface area contributed by atoms with Crippen molar-refractivity contribution in [3.05, 3.63) is 0 Å². The number of aliphatic hydroxyl groups is 1. The average molecular weight is 197 g/mol. The highest BCUT2D eigenvalue weighted by molar-refractivity contribution is 4.99. The summed E-state index contributed by atoms with van der Waals surface area (Å²) in [4.78, 5) is 0.576. The van der Waals surface area contributed by atoms with Crippen molar-refractivity contribution >= 4 is 0 Å². The van der Waals surface area contributed by atoms with E-state index in [1.54, 1.807) is 0 Å². The Morgan fingerprint density at radius 3 is 2.08 bits per heavy atom. The van der Waals surface area contributed by atoms with Crippen LogP contribution in [0.15, 0.2) is 0 Å². The summed E-state index contributed by atoms with van der Waals surface area (Å²) < 4.78 is 93.5. The topological polar surface area (TPSA) is 23.5 Å². The van der Waals surface area contributed by atoms with E-state index >= 15 is 0 Å². The normalized spacial score (nSPS) is 46.6. The smallest absolute Gasteiger partial charge is 0.0575 e. The van der Waals surface area contributed by atoms with Crippen LogP contribution in [0.3, 0.4) is 0 Å². The lowest BCUT2D eigenvalue weighted by Gasteiger charge is -2.54. The van der Waals surface area contributed by atoms with Gasteiger partial charge < -0.3 is 5.11 Å². The van der Waals surface area contributed by atoms with Crippen LogP contribution in [-0.2, 0) is 0 Å². The maximum absolute atomic E-state index is 10.2. The fourth-order valence-corrected chi connectivity index (χ4v) is 1.84. The predicted molar refractivity (Wildman–Crippen MR) is 55.8 cm³/mol. The van der Waals surface area contributed by atoms with Crippen molar-refractivity contribution in [2.75, 3.05) is 6.54 Å². The van der Waals surface area contributed by atoms with Gasteiger partial charge >= 0.3 is 0 Å². The highest BCUT2D eigenvalue weighted by atomic mass is 16.3. The summed E-state index contributed by atoms with van der Waals surface area (Å²) >= 11 is 0. The van der Waals surface area contributed by atoms with Crippen molar-refractivity contribution in [3.63, 3.8) is 0 Å². The quantitative estimate of drug-likeness (QED) is 0.695. The Hall–Kier alpha value is -0.0800. The fraction of sp³-hybridized carbons (Fsp3) is 1.00. The Morgan fingerprint density at radius 2 is 1.77 bits per heavy atom. The van der Waals surface area contributed by atoms with Gasteiger partial charge in [-0.2, -0.15) is 0 Å². The SMILES string of the molecule is [2H]C([2H])([2H])C1(C([2H])([2H])[2H])CC(O)CC(C([2H])([2H])[2H])(C([2H])([2H])[2H])N1CC. The van der Waals surface area contributed by atoms with Crippen molar-refractivity contribution in [2.24, 2.45) is 0 Å². The van der Waals surface area contributed by atoms with E-state index in [4.69, 9.17) is 16.4 Å². The van der Waals surface area contributed by atoms with E-state index in [1.807, 2.05) is 0 Å². The first-order valence-corrected chi connectivity index (χ1v) is 4.25. The molecule has 1 saturated heterocycles. The highest BCUT2D eigenvalue weighted by Gasteiger charge is 2.43. The molecule has 0 aromatic heterocycles. The molecule has 0 unspecified atom stereocenters. The van der Waals surface area contributed by atoms with Gasteiger partial charge in [-0.1, -0.05) is 6.92 Å². The van der Waals surface area contributed by atoms with E-state index in [0.717, 1.165) is 0 Å². The molecule has 78 valence electrons. The first-order valence-electron chi connectivity index (χ1n) is 10.3. The molecule has 0 aliphatic carbocycles. The summed E-state index contributed by atoms with van der Waals surface area (Å²) in [5.74, 6) is 0. The van der Waals surface area contributed by atoms with Gasteiger partial charge in [0.2, 0.25) is 0 Å². The van der Waals surface area contributed by atoms with E-state index in [0.29, 0.717) is 4.90 Å². The second-order valence-electron chi connectivity index (χ2n) is 3.53. The molecule has 0 aromatic carbocycles. The molecule has 1 aliphatic rings. The van der Waals surface area contributed by atoms with Gasteiger partial charge in [-0.05, 0) is 46.8 Å². The van der Waals surface area contributed by atoms with Crippen LogP contribution in [0.5, 0.6) is 0 Å². The van der Waals surface area contributed by atoms with E-state index in [9.17, 15) is 5.11 Å². The maximum atomic E-state index is 10.2. The molecule has 0 amide bonds. The lowest BCUT2D eigenvalue weighted by atomic mass is 9.78. The molecular weight excluding hydrogens is 162 g/mol. The van der Waals surface area contributed by atoms with Crippen LogP contribution >= 0.6 is 0 Å². The van der Waals surface area contributed by atoms with Crippen LogP contribution in [0.2, 0.25) is 0 Å². The van der Waals surface area contributed by atoms with Crippen LogP contribution in [-0.4, -0.2) is 33.7 Å². The molecule has 0 spiro atoms. The monoisotopic (exact) mass is 197 g/mol. The molecule has 0 bridgehead atoms. The van der Waals surface area contributed by atoms with Crippen LogP contribution in [0.25, 0.3) is 0 Å². The summed E-state index contributed by atoms with van der Waals surface area (Å²) in [5.41, 5.74) is -5.59. The van der Waals surface area contributed by atoms with Crippen LogP contribution in [0, 0.1) is 0 Å². The van der Waals surface area contributed by atoms with Gasteiger partial charge in [0.15, 0.2) is 0 Å². The molecule has 13 heavy (non-hydrogen) atoms. The van der Waals surface area contributed by atoms with E-state index in [2.05, 4.69) is 0 Å². The molecule has 2 heteroatoms. The Morgan fingerprint density at radius 1 is 1.31 bits per heavy atom. The van der Waals surface area contributed by atoms with Crippen molar-refractivity contribution in [3.8, 4) is 0 Å². The minimum atomic E-state index is -3.25. The molecular formula is C11H23NO. The van der Waals surface area contributed by atoms with Crippen LogP contribution in [0.4, 0.5) is 0 Å². The second kappa shape index (κ2) is 3.25. The number of likely N-dealkylation sites (tertiary alicyclic amines) is 1. The molecule has 0 atom stereocenters. The third kappa shape index (κ3) is 2.05. The molecule has 1 rings (SSSR count). The molecule has 0 aromatic rings. The minimum absolute atomic E-state index is 0.430. The fourth-order valence-electron chi connectivity index (χ4n) is 1.84. The van der Waals surface area contributed by atoms with Gasteiger partial charge in [0.1, 0.15) is 0 Å². The Labute approximate surface area is 98.8 Å². The predicted octanol–water partition coefficient (Wildman–Crippen LogP) is 2.02. The average Bonchev–Trinajstić information content (AvgIpc) is 2.31. The highest BCUT2D eigenvalue weighted by Crippen LogP contribution is 2.37. The van der Waals surface area contributed by atoms with Gasteiger partial charge in [-0.3, -0.25) is 4.90 Å². The molecule has 1 heterocycles. The van der Waals surface area contributed by atoms with Crippen molar-refractivity contribution in [1.29, 1.82) is 0 Å². The largest absolute Gasteiger partial charge is 0.393 e. The van der Waals surface area contributed by atoms with Gasteiger partial charge in [-0.15, -0.1) is 0 Å². The summed E-state index contributed by atoms with van der Waals surface area (Å²) in [7, 11) is 0. The standard InChI is InChI=1S/C11H23NO/c1-6-12-10(2,3)7-9(13)8-11(12,4)5/h9,13H,6-8H2,1-5H3/i2D3,3D3,4D3,5D3. The van der Waals surface area contributed by atoms with E-state index in [1.165, 1.54) is 6.92 Å². The maximum Gasteiger partial charge on any atom is 0.0575 e. The van der Waals surface area contributed by atoms with Crippen molar-refractivity contribution < 1.29 is 21.6 Å². The first kappa shape index (κ1) is 2.96. The summed E-state index contributed by atoms with van der Waals surface area (Å²) in [6.45, 7) is -12.1. The zero-order valence-electron chi connectivity index (χ0n) is 19.6. The summed E-state index contributed by atoms with van der Waals surface area (Å²) in [6.07, 6.45) is -3.26. The lowest BCUT2D eigenvalue weighted by molar-refractivity contribution is -0.0773. The van der Waals surface area contributed by atoms with Gasteiger partial charge in [0.05, 0.1) is 6.10 Å². The van der Waals surface area contributed by atoms with Crippen LogP contribution in [0.1, 0.15) is 63.6 Å².